The zero-order chi connectivity index (χ0) is 12.7. The minimum atomic E-state index is 0.0899. The van der Waals surface area contributed by atoms with Gasteiger partial charge in [0.25, 0.3) is 0 Å². The first-order valence-corrected chi connectivity index (χ1v) is 6.42. The van der Waals surface area contributed by atoms with Crippen LogP contribution in [0.3, 0.4) is 0 Å². The fraction of sp³-hybridized carbons (Fsp3) is 0.357. The normalized spacial score (nSPS) is 9.71. The van der Waals surface area contributed by atoms with Gasteiger partial charge in [0.05, 0.1) is 13.0 Å². The quantitative estimate of drug-likeness (QED) is 0.765. The Labute approximate surface area is 111 Å². The molecule has 3 heteroatoms. The second-order valence-electron chi connectivity index (χ2n) is 3.82. The third-order valence-electron chi connectivity index (χ3n) is 2.40. The van der Waals surface area contributed by atoms with E-state index >= 15 is 0 Å². The summed E-state index contributed by atoms with van der Waals surface area (Å²) in [4.78, 5) is 13.7. The second-order valence-corrected chi connectivity index (χ2v) is 4.74. The molecule has 1 amide bonds. The van der Waals surface area contributed by atoms with Gasteiger partial charge in [0.2, 0.25) is 5.91 Å². The number of hydrogen-bond donors (Lipinski definition) is 0. The van der Waals surface area contributed by atoms with Crippen molar-refractivity contribution in [3.8, 4) is 12.3 Å². The summed E-state index contributed by atoms with van der Waals surface area (Å²) in [6, 6.07) is 7.77. The zero-order valence-electron chi connectivity index (χ0n) is 9.95. The van der Waals surface area contributed by atoms with E-state index in [9.17, 15) is 4.79 Å². The predicted molar refractivity (Wildman–Crippen MR) is 73.6 cm³/mol. The van der Waals surface area contributed by atoms with Gasteiger partial charge in [-0.25, -0.2) is 0 Å². The molecule has 1 aromatic carbocycles. The van der Waals surface area contributed by atoms with Crippen LogP contribution in [0.1, 0.15) is 18.9 Å². The summed E-state index contributed by atoms with van der Waals surface area (Å²) in [5, 5.41) is 0. The lowest BCUT2D eigenvalue weighted by Gasteiger charge is -2.19. The highest BCUT2D eigenvalue weighted by molar-refractivity contribution is 9.10. The highest BCUT2D eigenvalue weighted by Gasteiger charge is 2.11. The molecule has 0 unspecified atom stereocenters. The number of hydrogen-bond acceptors (Lipinski definition) is 1. The molecule has 0 spiro atoms. The molecule has 0 bridgehead atoms. The van der Waals surface area contributed by atoms with Gasteiger partial charge >= 0.3 is 0 Å². The molecule has 1 aromatic rings. The Kier molecular flexibility index (Phi) is 5.79. The molecule has 0 saturated carbocycles. The number of amides is 1. The molecular formula is C14H16BrNO. The molecule has 0 aliphatic rings. The van der Waals surface area contributed by atoms with Crippen molar-refractivity contribution in [3.05, 3.63) is 34.3 Å². The van der Waals surface area contributed by atoms with Gasteiger partial charge in [-0.3, -0.25) is 4.79 Å². The topological polar surface area (TPSA) is 20.3 Å². The Morgan fingerprint density at radius 2 is 2.06 bits per heavy atom. The number of halogens is 1. The van der Waals surface area contributed by atoms with Crippen molar-refractivity contribution >= 4 is 21.8 Å². The van der Waals surface area contributed by atoms with Crippen molar-refractivity contribution in [3.63, 3.8) is 0 Å². The lowest BCUT2D eigenvalue weighted by atomic mass is 10.1. The number of rotatable bonds is 5. The van der Waals surface area contributed by atoms with Gasteiger partial charge < -0.3 is 4.90 Å². The molecule has 0 aliphatic carbocycles. The van der Waals surface area contributed by atoms with Gasteiger partial charge in [-0.05, 0) is 24.1 Å². The van der Waals surface area contributed by atoms with E-state index in [4.69, 9.17) is 6.42 Å². The van der Waals surface area contributed by atoms with Crippen molar-refractivity contribution < 1.29 is 4.79 Å². The first kappa shape index (κ1) is 13.8. The third-order valence-corrected chi connectivity index (χ3v) is 2.93. The maximum absolute atomic E-state index is 12.0. The van der Waals surface area contributed by atoms with E-state index in [0.29, 0.717) is 13.0 Å². The Hall–Kier alpha value is -1.27. The molecule has 0 fully saturated rings. The Morgan fingerprint density at radius 1 is 1.41 bits per heavy atom. The smallest absolute Gasteiger partial charge is 0.227 e. The van der Waals surface area contributed by atoms with E-state index in [2.05, 4.69) is 21.9 Å². The van der Waals surface area contributed by atoms with Crippen LogP contribution in [0.4, 0.5) is 0 Å². The number of carbonyl (C=O) groups excluding carboxylic acids is 1. The molecule has 0 radical (unpaired) electrons. The monoisotopic (exact) mass is 293 g/mol. The molecule has 0 aromatic heterocycles. The van der Waals surface area contributed by atoms with Crippen LogP contribution in [0.2, 0.25) is 0 Å². The predicted octanol–water partition coefficient (Wildman–Crippen LogP) is 2.86. The Balaban J connectivity index is 2.63. The molecule has 0 heterocycles. The van der Waals surface area contributed by atoms with Gasteiger partial charge in [0.1, 0.15) is 0 Å². The lowest BCUT2D eigenvalue weighted by Crippen LogP contribution is -2.33. The maximum atomic E-state index is 12.0. The van der Waals surface area contributed by atoms with Crippen LogP contribution in [0.5, 0.6) is 0 Å². The van der Waals surface area contributed by atoms with E-state index in [1.165, 1.54) is 0 Å². The van der Waals surface area contributed by atoms with E-state index < -0.39 is 0 Å². The number of benzene rings is 1. The summed E-state index contributed by atoms with van der Waals surface area (Å²) in [5.74, 6) is 2.62. The van der Waals surface area contributed by atoms with Crippen LogP contribution in [-0.2, 0) is 11.2 Å². The van der Waals surface area contributed by atoms with E-state index in [1.54, 1.807) is 4.90 Å². The summed E-state index contributed by atoms with van der Waals surface area (Å²) in [6.45, 7) is 3.15. The van der Waals surface area contributed by atoms with Crippen LogP contribution in [0.25, 0.3) is 0 Å². The van der Waals surface area contributed by atoms with Crippen molar-refractivity contribution in [1.82, 2.24) is 4.90 Å². The van der Waals surface area contributed by atoms with E-state index in [1.807, 2.05) is 31.2 Å². The zero-order valence-corrected chi connectivity index (χ0v) is 11.5. The molecule has 1 rings (SSSR count). The average Bonchev–Trinajstić information content (AvgIpc) is 2.32. The van der Waals surface area contributed by atoms with Gasteiger partial charge in [0, 0.05) is 11.0 Å². The van der Waals surface area contributed by atoms with Crippen LogP contribution in [-0.4, -0.2) is 23.9 Å². The summed E-state index contributed by atoms with van der Waals surface area (Å²) >= 11 is 3.37. The molecular weight excluding hydrogens is 278 g/mol. The largest absolute Gasteiger partial charge is 0.331 e. The van der Waals surface area contributed by atoms with Crippen molar-refractivity contribution in [2.24, 2.45) is 0 Å². The maximum Gasteiger partial charge on any atom is 0.227 e. The van der Waals surface area contributed by atoms with Crippen molar-refractivity contribution in [1.29, 1.82) is 0 Å². The second kappa shape index (κ2) is 7.13. The van der Waals surface area contributed by atoms with Crippen LogP contribution >= 0.6 is 15.9 Å². The average molecular weight is 294 g/mol. The van der Waals surface area contributed by atoms with Gasteiger partial charge in [-0.15, -0.1) is 6.42 Å². The Bertz CT molecular complexity index is 405. The lowest BCUT2D eigenvalue weighted by molar-refractivity contribution is -0.129. The molecule has 0 atom stereocenters. The summed E-state index contributed by atoms with van der Waals surface area (Å²) < 4.78 is 1.02. The van der Waals surface area contributed by atoms with E-state index in [-0.39, 0.29) is 5.91 Å². The minimum Gasteiger partial charge on any atom is -0.331 e. The van der Waals surface area contributed by atoms with Gasteiger partial charge in [-0.1, -0.05) is 40.9 Å². The standard InChI is InChI=1S/C14H16BrNO/c1-3-9-16(10-4-2)14(17)11-12-5-7-13(15)8-6-12/h1,5-8H,4,9-11H2,2H3. The molecule has 0 N–H and O–H groups in total. The number of terminal acetylenes is 1. The van der Waals surface area contributed by atoms with E-state index in [0.717, 1.165) is 23.0 Å². The first-order chi connectivity index (χ1) is 8.17. The fourth-order valence-corrected chi connectivity index (χ4v) is 1.83. The van der Waals surface area contributed by atoms with Gasteiger partial charge in [-0.2, -0.15) is 0 Å². The van der Waals surface area contributed by atoms with Crippen LogP contribution in [0.15, 0.2) is 28.7 Å². The van der Waals surface area contributed by atoms with Gasteiger partial charge in [0.15, 0.2) is 0 Å². The highest BCUT2D eigenvalue weighted by Crippen LogP contribution is 2.11. The summed E-state index contributed by atoms with van der Waals surface area (Å²) in [5.41, 5.74) is 1.01. The van der Waals surface area contributed by atoms with Crippen molar-refractivity contribution in [2.75, 3.05) is 13.1 Å². The summed E-state index contributed by atoms with van der Waals surface area (Å²) in [6.07, 6.45) is 6.60. The fourth-order valence-electron chi connectivity index (χ4n) is 1.56. The Morgan fingerprint density at radius 3 is 2.59 bits per heavy atom. The van der Waals surface area contributed by atoms with Crippen LogP contribution in [0, 0.1) is 12.3 Å². The first-order valence-electron chi connectivity index (χ1n) is 5.63. The van der Waals surface area contributed by atoms with Crippen molar-refractivity contribution in [2.45, 2.75) is 19.8 Å². The third kappa shape index (κ3) is 4.62. The molecule has 2 nitrogen and oxygen atoms in total. The number of nitrogens with zero attached hydrogens (tertiary/aromatic N) is 1. The molecule has 0 saturated heterocycles. The van der Waals surface area contributed by atoms with Crippen LogP contribution < -0.4 is 0 Å². The summed E-state index contributed by atoms with van der Waals surface area (Å²) in [7, 11) is 0. The molecule has 17 heavy (non-hydrogen) atoms. The molecule has 0 aliphatic heterocycles. The SMILES string of the molecule is C#CCN(CCC)C(=O)Cc1ccc(Br)cc1. The highest BCUT2D eigenvalue weighted by atomic mass is 79.9. The number of carbonyl (C=O) groups is 1. The minimum absolute atomic E-state index is 0.0899. The molecule has 90 valence electrons.